The summed E-state index contributed by atoms with van der Waals surface area (Å²) < 4.78 is 4.81. The van der Waals surface area contributed by atoms with Gasteiger partial charge in [-0.25, -0.2) is 4.79 Å². The second kappa shape index (κ2) is 4.29. The van der Waals surface area contributed by atoms with Crippen molar-refractivity contribution in [3.8, 4) is 0 Å². The number of esters is 1. The van der Waals surface area contributed by atoms with Gasteiger partial charge in [0.15, 0.2) is 0 Å². The molecule has 0 aliphatic heterocycles. The molecule has 0 aromatic rings. The number of carbonyl (C=O) groups excluding carboxylic acids is 1. The summed E-state index contributed by atoms with van der Waals surface area (Å²) in [6, 6.07) is 0. The summed E-state index contributed by atoms with van der Waals surface area (Å²) in [6.45, 7) is 12.1. The van der Waals surface area contributed by atoms with Crippen LogP contribution in [0.25, 0.3) is 0 Å². The highest BCUT2D eigenvalue weighted by molar-refractivity contribution is 5.87. The minimum absolute atomic E-state index is 0.101. The maximum absolute atomic E-state index is 11.1. The van der Waals surface area contributed by atoms with Crippen molar-refractivity contribution in [3.05, 3.63) is 12.2 Å². The fourth-order valence-corrected chi connectivity index (χ4v) is 0.945. The van der Waals surface area contributed by atoms with Crippen molar-refractivity contribution in [2.45, 2.75) is 34.1 Å². The molecule has 2 heteroatoms. The van der Waals surface area contributed by atoms with Crippen LogP contribution in [-0.2, 0) is 9.53 Å². The van der Waals surface area contributed by atoms with Gasteiger partial charge in [-0.05, 0) is 18.8 Å². The zero-order valence-electron chi connectivity index (χ0n) is 8.44. The van der Waals surface area contributed by atoms with Gasteiger partial charge in [0, 0.05) is 5.57 Å². The Bertz CT molecular complexity index is 175. The molecule has 0 aromatic carbocycles. The van der Waals surface area contributed by atoms with Gasteiger partial charge in [-0.15, -0.1) is 0 Å². The maximum Gasteiger partial charge on any atom is 0.333 e. The Hall–Kier alpha value is -0.790. The largest absolute Gasteiger partial charge is 0.463 e. The van der Waals surface area contributed by atoms with E-state index in [1.54, 1.807) is 6.92 Å². The van der Waals surface area contributed by atoms with E-state index in [4.69, 9.17) is 4.74 Å². The van der Waals surface area contributed by atoms with Crippen LogP contribution in [0.15, 0.2) is 12.2 Å². The molecular weight excluding hydrogens is 152 g/mol. The lowest BCUT2D eigenvalue weighted by Crippen LogP contribution is -2.13. The quantitative estimate of drug-likeness (QED) is 0.480. The minimum atomic E-state index is -0.271. The van der Waals surface area contributed by atoms with Gasteiger partial charge in [0.1, 0.15) is 0 Å². The van der Waals surface area contributed by atoms with Gasteiger partial charge in [-0.2, -0.15) is 0 Å². The second-order valence-electron chi connectivity index (χ2n) is 4.06. The first-order valence-electron chi connectivity index (χ1n) is 4.21. The number of hydrogen-bond donors (Lipinski definition) is 0. The van der Waals surface area contributed by atoms with Crippen LogP contribution in [0.2, 0.25) is 0 Å². The summed E-state index contributed by atoms with van der Waals surface area (Å²) in [5.41, 5.74) is 0.661. The molecule has 0 rings (SSSR count). The van der Waals surface area contributed by atoms with E-state index in [2.05, 4.69) is 27.4 Å². The first kappa shape index (κ1) is 11.2. The van der Waals surface area contributed by atoms with E-state index in [0.29, 0.717) is 18.6 Å². The lowest BCUT2D eigenvalue weighted by molar-refractivity contribution is -0.138. The number of hydrogen-bond acceptors (Lipinski definition) is 2. The molecule has 0 atom stereocenters. The van der Waals surface area contributed by atoms with Gasteiger partial charge in [-0.3, -0.25) is 0 Å². The summed E-state index contributed by atoms with van der Waals surface area (Å²) >= 11 is 0. The third-order valence-electron chi connectivity index (χ3n) is 1.31. The van der Waals surface area contributed by atoms with Crippen molar-refractivity contribution < 1.29 is 9.53 Å². The normalized spacial score (nSPS) is 11.0. The predicted octanol–water partition coefficient (Wildman–Crippen LogP) is 2.54. The minimum Gasteiger partial charge on any atom is -0.463 e. The van der Waals surface area contributed by atoms with E-state index in [0.717, 1.165) is 0 Å². The first-order chi connectivity index (χ1) is 5.37. The smallest absolute Gasteiger partial charge is 0.333 e. The molecule has 0 unspecified atom stereocenters. The van der Waals surface area contributed by atoms with E-state index in [9.17, 15) is 4.79 Å². The molecule has 0 saturated heterocycles. The molecule has 0 fully saturated rings. The van der Waals surface area contributed by atoms with Gasteiger partial charge >= 0.3 is 5.97 Å². The summed E-state index contributed by atoms with van der Waals surface area (Å²) in [5.74, 6) is -0.271. The first-order valence-corrected chi connectivity index (χ1v) is 4.21. The van der Waals surface area contributed by atoms with Crippen LogP contribution in [-0.4, -0.2) is 12.6 Å². The highest BCUT2D eigenvalue weighted by Gasteiger charge is 2.17. The Morgan fingerprint density at radius 2 is 1.92 bits per heavy atom. The van der Waals surface area contributed by atoms with Crippen molar-refractivity contribution in [2.75, 3.05) is 6.61 Å². The molecule has 0 N–H and O–H groups in total. The van der Waals surface area contributed by atoms with Crippen molar-refractivity contribution in [1.29, 1.82) is 0 Å². The van der Waals surface area contributed by atoms with Gasteiger partial charge in [-0.1, -0.05) is 27.4 Å². The lowest BCUT2D eigenvalue weighted by Gasteiger charge is -2.18. The standard InChI is InChI=1S/C10H18O2/c1-6-12-9(11)8(2)7-10(3,4)5/h2,6-7H2,1,3-5H3. The number of carbonyl (C=O) groups is 1. The Balaban J connectivity index is 3.97. The van der Waals surface area contributed by atoms with Crippen LogP contribution in [0.4, 0.5) is 0 Å². The zero-order valence-corrected chi connectivity index (χ0v) is 8.44. The maximum atomic E-state index is 11.1. The van der Waals surface area contributed by atoms with Crippen LogP contribution in [0.3, 0.4) is 0 Å². The predicted molar refractivity (Wildman–Crippen MR) is 49.8 cm³/mol. The van der Waals surface area contributed by atoms with Crippen LogP contribution >= 0.6 is 0 Å². The van der Waals surface area contributed by atoms with Gasteiger partial charge in [0.25, 0.3) is 0 Å². The molecular formula is C10H18O2. The van der Waals surface area contributed by atoms with Gasteiger partial charge in [0.05, 0.1) is 6.61 Å². The number of rotatable bonds is 3. The molecule has 2 nitrogen and oxygen atoms in total. The van der Waals surface area contributed by atoms with Crippen molar-refractivity contribution >= 4 is 5.97 Å². The lowest BCUT2D eigenvalue weighted by atomic mass is 9.88. The Morgan fingerprint density at radius 1 is 1.42 bits per heavy atom. The van der Waals surface area contributed by atoms with Crippen molar-refractivity contribution in [1.82, 2.24) is 0 Å². The van der Waals surface area contributed by atoms with Crippen molar-refractivity contribution in [3.63, 3.8) is 0 Å². The summed E-state index contributed by atoms with van der Waals surface area (Å²) in [6.07, 6.45) is 0.686. The fourth-order valence-electron chi connectivity index (χ4n) is 0.945. The van der Waals surface area contributed by atoms with E-state index in [-0.39, 0.29) is 11.4 Å². The average molecular weight is 170 g/mol. The van der Waals surface area contributed by atoms with E-state index < -0.39 is 0 Å². The highest BCUT2D eigenvalue weighted by atomic mass is 16.5. The number of ether oxygens (including phenoxy) is 1. The third-order valence-corrected chi connectivity index (χ3v) is 1.31. The summed E-state index contributed by atoms with van der Waals surface area (Å²) in [5, 5.41) is 0. The van der Waals surface area contributed by atoms with Crippen LogP contribution in [0.5, 0.6) is 0 Å². The SMILES string of the molecule is C=C(CC(C)(C)C)C(=O)OCC. The molecule has 70 valence electrons. The molecule has 0 spiro atoms. The molecule has 0 aliphatic carbocycles. The molecule has 0 aliphatic rings. The average Bonchev–Trinajstić information content (AvgIpc) is 1.84. The Kier molecular flexibility index (Phi) is 4.01. The van der Waals surface area contributed by atoms with Crippen LogP contribution in [0.1, 0.15) is 34.1 Å². The molecule has 0 aromatic heterocycles. The Morgan fingerprint density at radius 3 is 2.25 bits per heavy atom. The molecule has 0 saturated carbocycles. The third kappa shape index (κ3) is 4.94. The van der Waals surface area contributed by atoms with E-state index in [1.807, 2.05) is 0 Å². The summed E-state index contributed by atoms with van der Waals surface area (Å²) in [7, 11) is 0. The van der Waals surface area contributed by atoms with E-state index >= 15 is 0 Å². The fraction of sp³-hybridized carbons (Fsp3) is 0.700. The Labute approximate surface area is 74.6 Å². The molecule has 0 amide bonds. The highest BCUT2D eigenvalue weighted by Crippen LogP contribution is 2.23. The monoisotopic (exact) mass is 170 g/mol. The molecule has 12 heavy (non-hydrogen) atoms. The van der Waals surface area contributed by atoms with Gasteiger partial charge in [0.2, 0.25) is 0 Å². The molecule has 0 radical (unpaired) electrons. The second-order valence-corrected chi connectivity index (χ2v) is 4.06. The molecule has 0 bridgehead atoms. The topological polar surface area (TPSA) is 26.3 Å². The van der Waals surface area contributed by atoms with Crippen molar-refractivity contribution in [2.24, 2.45) is 5.41 Å². The van der Waals surface area contributed by atoms with Gasteiger partial charge < -0.3 is 4.74 Å². The summed E-state index contributed by atoms with van der Waals surface area (Å²) in [4.78, 5) is 11.1. The zero-order chi connectivity index (χ0) is 9.78. The molecule has 0 heterocycles. The van der Waals surface area contributed by atoms with Crippen LogP contribution in [0, 0.1) is 5.41 Å². The van der Waals surface area contributed by atoms with Crippen LogP contribution < -0.4 is 0 Å². The van der Waals surface area contributed by atoms with E-state index in [1.165, 1.54) is 0 Å².